The minimum Gasteiger partial charge on any atom is -0.473 e. The number of esters is 1. The van der Waals surface area contributed by atoms with Gasteiger partial charge in [0.05, 0.1) is 18.7 Å². The second-order valence-electron chi connectivity index (χ2n) is 9.67. The highest BCUT2D eigenvalue weighted by Gasteiger charge is 2.42. The van der Waals surface area contributed by atoms with E-state index in [2.05, 4.69) is 43.6 Å². The standard InChI is InChI=1S/C21H33N3O3S.C2H2O4/c1-6-27-19(26)16-14-11-20(2,3)24-21(4,5)17(14)28-18(16)23-15(25)12-22-13-9-7-8-10-13;3-1(4)2(5)6/h13,22,24H,6-12H2,1-5H3,(H,23,25);(H,3,4)(H,5,6). The van der Waals surface area contributed by atoms with Crippen LogP contribution in [0.2, 0.25) is 0 Å². The molecule has 0 spiro atoms. The zero-order valence-electron chi connectivity index (χ0n) is 20.4. The first-order valence-corrected chi connectivity index (χ1v) is 12.2. The smallest absolute Gasteiger partial charge is 0.414 e. The van der Waals surface area contributed by atoms with Crippen molar-refractivity contribution in [3.8, 4) is 0 Å². The van der Waals surface area contributed by atoms with Crippen molar-refractivity contribution < 1.29 is 34.1 Å². The molecule has 1 saturated carbocycles. The van der Waals surface area contributed by atoms with Crippen LogP contribution in [0.1, 0.15) is 81.1 Å². The maximum Gasteiger partial charge on any atom is 0.414 e. The van der Waals surface area contributed by atoms with Crippen molar-refractivity contribution in [2.45, 2.75) is 83.8 Å². The van der Waals surface area contributed by atoms with Gasteiger partial charge in [-0.15, -0.1) is 11.3 Å². The predicted molar refractivity (Wildman–Crippen MR) is 128 cm³/mol. The molecule has 1 amide bonds. The van der Waals surface area contributed by atoms with Crippen molar-refractivity contribution in [1.29, 1.82) is 0 Å². The van der Waals surface area contributed by atoms with E-state index < -0.39 is 11.9 Å². The summed E-state index contributed by atoms with van der Waals surface area (Å²) in [6.07, 6.45) is 5.42. The Morgan fingerprint density at radius 3 is 2.21 bits per heavy atom. The van der Waals surface area contributed by atoms with E-state index in [9.17, 15) is 9.59 Å². The SMILES string of the molecule is CCOC(=O)c1c(NC(=O)CNC2CCCC2)sc2c1CC(C)(C)NC2(C)C.O=C(O)C(=O)O. The molecule has 11 heteroatoms. The third-order valence-corrected chi connectivity index (χ3v) is 7.14. The summed E-state index contributed by atoms with van der Waals surface area (Å²) in [6, 6.07) is 0.427. The van der Waals surface area contributed by atoms with Crippen molar-refractivity contribution in [3.63, 3.8) is 0 Å². The zero-order chi connectivity index (χ0) is 25.7. The Labute approximate surface area is 203 Å². The Kier molecular flexibility index (Phi) is 9.21. The third kappa shape index (κ3) is 7.25. The molecule has 0 atom stereocenters. The molecule has 2 aliphatic rings. The number of carbonyl (C=O) groups is 4. The number of nitrogens with one attached hydrogen (secondary N) is 3. The van der Waals surface area contributed by atoms with E-state index in [0.29, 0.717) is 29.6 Å². The summed E-state index contributed by atoms with van der Waals surface area (Å²) in [5.41, 5.74) is 1.09. The van der Waals surface area contributed by atoms with Gasteiger partial charge in [0, 0.05) is 22.0 Å². The Hall–Kier alpha value is -2.50. The number of anilines is 1. The van der Waals surface area contributed by atoms with E-state index in [0.717, 1.165) is 23.3 Å². The second-order valence-corrected chi connectivity index (χ2v) is 10.7. The van der Waals surface area contributed by atoms with Crippen molar-refractivity contribution in [3.05, 3.63) is 16.0 Å². The molecule has 0 bridgehead atoms. The predicted octanol–water partition coefficient (Wildman–Crippen LogP) is 2.71. The van der Waals surface area contributed by atoms with Crippen LogP contribution in [0.3, 0.4) is 0 Å². The Morgan fingerprint density at radius 1 is 1.09 bits per heavy atom. The first kappa shape index (κ1) is 27.7. The van der Waals surface area contributed by atoms with Crippen LogP contribution in [0.4, 0.5) is 5.00 Å². The number of hydrogen-bond donors (Lipinski definition) is 5. The molecule has 3 rings (SSSR count). The molecule has 1 aliphatic heterocycles. The fourth-order valence-corrected chi connectivity index (χ4v) is 5.85. The number of hydrogen-bond acceptors (Lipinski definition) is 8. The van der Waals surface area contributed by atoms with E-state index >= 15 is 0 Å². The van der Waals surface area contributed by atoms with Crippen LogP contribution in [0.5, 0.6) is 0 Å². The number of rotatable bonds is 6. The molecule has 1 aromatic rings. The van der Waals surface area contributed by atoms with Gasteiger partial charge in [0.1, 0.15) is 5.00 Å². The molecule has 5 N–H and O–H groups in total. The van der Waals surface area contributed by atoms with Gasteiger partial charge in [0.15, 0.2) is 0 Å². The van der Waals surface area contributed by atoms with Gasteiger partial charge in [0.2, 0.25) is 5.91 Å². The number of thiophene rings is 1. The summed E-state index contributed by atoms with van der Waals surface area (Å²) in [7, 11) is 0. The van der Waals surface area contributed by atoms with Gasteiger partial charge in [-0.1, -0.05) is 12.8 Å². The monoisotopic (exact) mass is 497 g/mol. The Balaban J connectivity index is 0.000000604. The molecular weight excluding hydrogens is 462 g/mol. The summed E-state index contributed by atoms with van der Waals surface area (Å²) in [5, 5.41) is 25.4. The van der Waals surface area contributed by atoms with Crippen LogP contribution in [-0.2, 0) is 31.1 Å². The van der Waals surface area contributed by atoms with Crippen LogP contribution < -0.4 is 16.0 Å². The highest BCUT2D eigenvalue weighted by atomic mass is 32.1. The van der Waals surface area contributed by atoms with Crippen LogP contribution in [0.15, 0.2) is 0 Å². The van der Waals surface area contributed by atoms with Crippen molar-refractivity contribution in [2.24, 2.45) is 0 Å². The third-order valence-electron chi connectivity index (χ3n) is 5.67. The lowest BCUT2D eigenvalue weighted by Crippen LogP contribution is -2.55. The Morgan fingerprint density at radius 2 is 1.68 bits per heavy atom. The fourth-order valence-electron chi connectivity index (χ4n) is 4.57. The van der Waals surface area contributed by atoms with E-state index in [1.807, 2.05) is 0 Å². The van der Waals surface area contributed by atoms with Crippen LogP contribution in [-0.4, -0.2) is 58.8 Å². The minimum absolute atomic E-state index is 0.110. The van der Waals surface area contributed by atoms with E-state index in [1.54, 1.807) is 6.92 Å². The average Bonchev–Trinajstić information content (AvgIpc) is 3.33. The van der Waals surface area contributed by atoms with E-state index in [4.69, 9.17) is 24.5 Å². The number of ether oxygens (including phenoxy) is 1. The van der Waals surface area contributed by atoms with E-state index in [1.165, 1.54) is 24.2 Å². The lowest BCUT2D eigenvalue weighted by molar-refractivity contribution is -0.159. The van der Waals surface area contributed by atoms with Crippen LogP contribution in [0, 0.1) is 0 Å². The summed E-state index contributed by atoms with van der Waals surface area (Å²) in [6.45, 7) is 10.9. The summed E-state index contributed by atoms with van der Waals surface area (Å²) in [5.74, 6) is -4.11. The number of carbonyl (C=O) groups excluding carboxylic acids is 2. The molecule has 0 unspecified atom stereocenters. The summed E-state index contributed by atoms with van der Waals surface area (Å²) >= 11 is 1.49. The van der Waals surface area contributed by atoms with Gasteiger partial charge in [-0.05, 0) is 59.4 Å². The highest BCUT2D eigenvalue weighted by Crippen LogP contribution is 2.45. The normalized spacial score (nSPS) is 18.3. The van der Waals surface area contributed by atoms with Gasteiger partial charge in [-0.25, -0.2) is 14.4 Å². The van der Waals surface area contributed by atoms with Crippen molar-refractivity contribution >= 4 is 40.2 Å². The number of amides is 1. The lowest BCUT2D eigenvalue weighted by Gasteiger charge is -2.42. The van der Waals surface area contributed by atoms with Crippen LogP contribution in [0.25, 0.3) is 0 Å². The Bertz CT molecular complexity index is 921. The van der Waals surface area contributed by atoms with Gasteiger partial charge in [0.25, 0.3) is 0 Å². The van der Waals surface area contributed by atoms with Gasteiger partial charge in [-0.3, -0.25) is 4.79 Å². The molecule has 1 fully saturated rings. The average molecular weight is 498 g/mol. The first-order valence-electron chi connectivity index (χ1n) is 11.4. The van der Waals surface area contributed by atoms with Crippen molar-refractivity contribution in [2.75, 3.05) is 18.5 Å². The maximum atomic E-state index is 12.8. The molecule has 34 heavy (non-hydrogen) atoms. The number of aliphatic carboxylic acids is 2. The second kappa shape index (κ2) is 11.3. The summed E-state index contributed by atoms with van der Waals surface area (Å²) in [4.78, 5) is 44.6. The fraction of sp³-hybridized carbons (Fsp3) is 0.652. The van der Waals surface area contributed by atoms with Gasteiger partial charge >= 0.3 is 17.9 Å². The highest BCUT2D eigenvalue weighted by molar-refractivity contribution is 7.17. The molecule has 1 aromatic heterocycles. The van der Waals surface area contributed by atoms with E-state index in [-0.39, 0.29) is 29.5 Å². The lowest BCUT2D eigenvalue weighted by atomic mass is 9.81. The molecule has 190 valence electrons. The molecule has 0 saturated heterocycles. The minimum atomic E-state index is -1.82. The number of carboxylic acid groups (broad SMARTS) is 2. The molecule has 0 radical (unpaired) electrons. The maximum absolute atomic E-state index is 12.8. The topological polar surface area (TPSA) is 154 Å². The number of fused-ring (bicyclic) bond motifs is 1. The molecule has 1 aliphatic carbocycles. The first-order chi connectivity index (χ1) is 15.8. The van der Waals surface area contributed by atoms with Gasteiger partial charge in [-0.2, -0.15) is 0 Å². The van der Waals surface area contributed by atoms with Crippen molar-refractivity contribution in [1.82, 2.24) is 10.6 Å². The quantitative estimate of drug-likeness (QED) is 0.295. The van der Waals surface area contributed by atoms with Crippen LogP contribution >= 0.6 is 11.3 Å². The van der Waals surface area contributed by atoms with Gasteiger partial charge < -0.3 is 30.9 Å². The largest absolute Gasteiger partial charge is 0.473 e. The molecule has 10 nitrogen and oxygen atoms in total. The molecule has 2 heterocycles. The molecule has 0 aromatic carbocycles. The number of carboxylic acids is 2. The molecular formula is C23H35N3O7S. The summed E-state index contributed by atoms with van der Waals surface area (Å²) < 4.78 is 5.33. The zero-order valence-corrected chi connectivity index (χ0v) is 21.2.